The third-order valence-corrected chi connectivity index (χ3v) is 2.60. The number of hydrogen-bond donors (Lipinski definition) is 0. The Morgan fingerprint density at radius 2 is 1.78 bits per heavy atom. The molecule has 0 aromatic heterocycles. The van der Waals surface area contributed by atoms with Gasteiger partial charge in [0.15, 0.2) is 5.78 Å². The highest BCUT2D eigenvalue weighted by Gasteiger charge is 2.22. The first-order chi connectivity index (χ1) is 8.60. The van der Waals surface area contributed by atoms with E-state index in [9.17, 15) is 9.18 Å². The Labute approximate surface area is 105 Å². The molecule has 0 spiro atoms. The number of nitriles is 2. The van der Waals surface area contributed by atoms with Crippen molar-refractivity contribution in [3.63, 3.8) is 0 Å². The molecule has 1 aromatic rings. The van der Waals surface area contributed by atoms with Crippen LogP contribution < -0.4 is 0 Å². The van der Waals surface area contributed by atoms with Crippen LogP contribution in [0.15, 0.2) is 24.3 Å². The molecule has 0 aliphatic rings. The van der Waals surface area contributed by atoms with Gasteiger partial charge >= 0.3 is 0 Å². The molecule has 0 aliphatic heterocycles. The minimum Gasteiger partial charge on any atom is -0.292 e. The van der Waals surface area contributed by atoms with Crippen LogP contribution in [0.5, 0.6) is 0 Å². The van der Waals surface area contributed by atoms with Gasteiger partial charge in [0.25, 0.3) is 0 Å². The van der Waals surface area contributed by atoms with E-state index in [4.69, 9.17) is 10.5 Å². The molecule has 0 fully saturated rings. The molecule has 1 aromatic carbocycles. The van der Waals surface area contributed by atoms with Crippen LogP contribution in [-0.4, -0.2) is 29.8 Å². The molecular formula is C13H12FN3O. The van der Waals surface area contributed by atoms with Crippen molar-refractivity contribution in [1.29, 1.82) is 10.5 Å². The molecule has 0 N–H and O–H groups in total. The van der Waals surface area contributed by atoms with Crippen LogP contribution in [0.4, 0.5) is 4.39 Å². The van der Waals surface area contributed by atoms with Crippen LogP contribution in [0, 0.1) is 28.5 Å². The van der Waals surface area contributed by atoms with E-state index in [1.165, 1.54) is 29.2 Å². The van der Waals surface area contributed by atoms with Gasteiger partial charge in [-0.15, -0.1) is 0 Å². The highest BCUT2D eigenvalue weighted by atomic mass is 19.1. The average molecular weight is 245 g/mol. The number of ketones is 1. The largest absolute Gasteiger partial charge is 0.292 e. The van der Waals surface area contributed by atoms with Gasteiger partial charge < -0.3 is 0 Å². The molecule has 0 heterocycles. The quantitative estimate of drug-likeness (QED) is 0.585. The second-order valence-electron chi connectivity index (χ2n) is 3.77. The summed E-state index contributed by atoms with van der Waals surface area (Å²) in [5, 5.41) is 17.3. The van der Waals surface area contributed by atoms with Crippen molar-refractivity contribution in [2.24, 2.45) is 0 Å². The van der Waals surface area contributed by atoms with Crippen molar-refractivity contribution < 1.29 is 9.18 Å². The summed E-state index contributed by atoms with van der Waals surface area (Å²) in [6.07, 6.45) is 0. The van der Waals surface area contributed by atoms with Gasteiger partial charge in [0.05, 0.1) is 31.3 Å². The monoisotopic (exact) mass is 245 g/mol. The van der Waals surface area contributed by atoms with E-state index in [1.807, 2.05) is 12.1 Å². The maximum atomic E-state index is 12.7. The number of halogens is 1. The third kappa shape index (κ3) is 3.38. The molecule has 0 bridgehead atoms. The van der Waals surface area contributed by atoms with Gasteiger partial charge in [0, 0.05) is 5.56 Å². The number of benzene rings is 1. The van der Waals surface area contributed by atoms with Crippen LogP contribution in [0.3, 0.4) is 0 Å². The number of carbonyl (C=O) groups is 1. The lowest BCUT2D eigenvalue weighted by Crippen LogP contribution is -2.39. The maximum absolute atomic E-state index is 12.7. The number of carbonyl (C=O) groups excluding carboxylic acids is 1. The fourth-order valence-electron chi connectivity index (χ4n) is 1.53. The van der Waals surface area contributed by atoms with Gasteiger partial charge in [0.2, 0.25) is 0 Å². The van der Waals surface area contributed by atoms with Crippen molar-refractivity contribution in [2.75, 3.05) is 13.1 Å². The first kappa shape index (κ1) is 13.8. The molecule has 5 heteroatoms. The Bertz CT molecular complexity index is 482. The predicted octanol–water partition coefficient (Wildman–Crippen LogP) is 1.75. The molecule has 1 rings (SSSR count). The third-order valence-electron chi connectivity index (χ3n) is 2.60. The van der Waals surface area contributed by atoms with E-state index in [0.29, 0.717) is 5.56 Å². The van der Waals surface area contributed by atoms with Gasteiger partial charge in [-0.25, -0.2) is 4.39 Å². The summed E-state index contributed by atoms with van der Waals surface area (Å²) in [6, 6.07) is 8.44. The van der Waals surface area contributed by atoms with Crippen LogP contribution >= 0.6 is 0 Å². The molecule has 0 aliphatic carbocycles. The van der Waals surface area contributed by atoms with Crippen molar-refractivity contribution in [2.45, 2.75) is 13.0 Å². The first-order valence-corrected chi connectivity index (χ1v) is 5.38. The Kier molecular flexibility index (Phi) is 4.98. The van der Waals surface area contributed by atoms with Gasteiger partial charge in [-0.2, -0.15) is 10.5 Å². The Hall–Kier alpha value is -2.24. The maximum Gasteiger partial charge on any atom is 0.179 e. The number of Topliss-reactive ketones (excluding diaryl/α,β-unsaturated/α-hetero) is 1. The van der Waals surface area contributed by atoms with E-state index < -0.39 is 11.9 Å². The molecule has 0 saturated carbocycles. The van der Waals surface area contributed by atoms with Gasteiger partial charge in [-0.3, -0.25) is 9.69 Å². The van der Waals surface area contributed by atoms with E-state index in [-0.39, 0.29) is 18.9 Å². The zero-order valence-corrected chi connectivity index (χ0v) is 9.93. The zero-order valence-electron chi connectivity index (χ0n) is 9.93. The van der Waals surface area contributed by atoms with Crippen molar-refractivity contribution in [3.05, 3.63) is 35.6 Å². The minimum absolute atomic E-state index is 0.00165. The molecule has 4 nitrogen and oxygen atoms in total. The molecule has 92 valence electrons. The van der Waals surface area contributed by atoms with Crippen molar-refractivity contribution >= 4 is 5.78 Å². The second-order valence-corrected chi connectivity index (χ2v) is 3.77. The van der Waals surface area contributed by atoms with Crippen LogP contribution in [0.1, 0.15) is 17.3 Å². The van der Waals surface area contributed by atoms with Crippen molar-refractivity contribution in [3.8, 4) is 12.1 Å². The SMILES string of the molecule is CC(C(=O)c1ccc(F)cc1)N(CC#N)CC#N. The summed E-state index contributed by atoms with van der Waals surface area (Å²) in [6.45, 7) is 1.63. The lowest BCUT2D eigenvalue weighted by molar-refractivity contribution is 0.0868. The topological polar surface area (TPSA) is 67.9 Å². The lowest BCUT2D eigenvalue weighted by atomic mass is 10.0. The summed E-state index contributed by atoms with van der Waals surface area (Å²) in [4.78, 5) is 13.5. The van der Waals surface area contributed by atoms with Gasteiger partial charge in [0.1, 0.15) is 5.82 Å². The summed E-state index contributed by atoms with van der Waals surface area (Å²) in [5.74, 6) is -0.648. The zero-order chi connectivity index (χ0) is 13.5. The molecule has 18 heavy (non-hydrogen) atoms. The molecule has 1 atom stereocenters. The van der Waals surface area contributed by atoms with Gasteiger partial charge in [-0.1, -0.05) is 0 Å². The summed E-state index contributed by atoms with van der Waals surface area (Å²) < 4.78 is 12.7. The van der Waals surface area contributed by atoms with Gasteiger partial charge in [-0.05, 0) is 31.2 Å². The number of rotatable bonds is 5. The summed E-state index contributed by atoms with van der Waals surface area (Å²) in [7, 11) is 0. The summed E-state index contributed by atoms with van der Waals surface area (Å²) >= 11 is 0. The lowest BCUT2D eigenvalue weighted by Gasteiger charge is -2.22. The molecular weight excluding hydrogens is 233 g/mol. The first-order valence-electron chi connectivity index (χ1n) is 5.38. The standard InChI is InChI=1S/C13H12FN3O/c1-10(17(8-6-15)9-7-16)13(18)11-2-4-12(14)5-3-11/h2-5,10H,8-9H2,1H3. The molecule has 0 radical (unpaired) electrons. The van der Waals surface area contributed by atoms with Crippen molar-refractivity contribution in [1.82, 2.24) is 4.90 Å². The fraction of sp³-hybridized carbons (Fsp3) is 0.308. The van der Waals surface area contributed by atoms with Crippen LogP contribution in [0.25, 0.3) is 0 Å². The second kappa shape index (κ2) is 6.48. The molecule has 0 amide bonds. The van der Waals surface area contributed by atoms with E-state index in [2.05, 4.69) is 0 Å². The Balaban J connectivity index is 2.85. The van der Waals surface area contributed by atoms with Crippen LogP contribution in [0.2, 0.25) is 0 Å². The molecule has 0 saturated heterocycles. The summed E-state index contributed by atoms with van der Waals surface area (Å²) in [5.41, 5.74) is 0.366. The Morgan fingerprint density at radius 1 is 1.28 bits per heavy atom. The van der Waals surface area contributed by atoms with E-state index in [0.717, 1.165) is 0 Å². The Morgan fingerprint density at radius 3 is 2.22 bits per heavy atom. The van der Waals surface area contributed by atoms with E-state index >= 15 is 0 Å². The average Bonchev–Trinajstić information content (AvgIpc) is 2.38. The number of nitrogens with zero attached hydrogens (tertiary/aromatic N) is 3. The number of hydrogen-bond acceptors (Lipinski definition) is 4. The normalized spacial score (nSPS) is 11.6. The highest BCUT2D eigenvalue weighted by Crippen LogP contribution is 2.10. The van der Waals surface area contributed by atoms with E-state index in [1.54, 1.807) is 6.92 Å². The molecule has 1 unspecified atom stereocenters. The smallest absolute Gasteiger partial charge is 0.179 e. The van der Waals surface area contributed by atoms with Crippen LogP contribution in [-0.2, 0) is 0 Å². The predicted molar refractivity (Wildman–Crippen MR) is 63.0 cm³/mol. The highest BCUT2D eigenvalue weighted by molar-refractivity contribution is 5.99. The fourth-order valence-corrected chi connectivity index (χ4v) is 1.53. The minimum atomic E-state index is -0.588.